The topological polar surface area (TPSA) is 20.3 Å². The molecule has 1 aromatic rings. The Labute approximate surface area is 88.4 Å². The van der Waals surface area contributed by atoms with Crippen molar-refractivity contribution in [3.05, 3.63) is 29.8 Å². The summed E-state index contributed by atoms with van der Waals surface area (Å²) < 4.78 is 1.86. The second kappa shape index (κ2) is 4.05. The Morgan fingerprint density at radius 3 is 2.93 bits per heavy atom. The van der Waals surface area contributed by atoms with Crippen molar-refractivity contribution in [2.45, 2.75) is 24.7 Å². The summed E-state index contributed by atoms with van der Waals surface area (Å²) in [7, 11) is 0. The summed E-state index contributed by atoms with van der Waals surface area (Å²) in [6.07, 6.45) is 1.70. The molecular weight excluding hydrogens is 194 g/mol. The summed E-state index contributed by atoms with van der Waals surface area (Å²) in [5.74, 6) is 0.261. The first-order valence-electron chi connectivity index (χ1n) is 4.81. The first-order chi connectivity index (χ1) is 6.75. The lowest BCUT2D eigenvalue weighted by Gasteiger charge is -2.13. The van der Waals surface area contributed by atoms with Gasteiger partial charge in [0.15, 0.2) is 0 Å². The van der Waals surface area contributed by atoms with Gasteiger partial charge < -0.3 is 0 Å². The fourth-order valence-electron chi connectivity index (χ4n) is 1.52. The molecule has 1 fully saturated rings. The quantitative estimate of drug-likeness (QED) is 0.695. The maximum atomic E-state index is 11.4. The van der Waals surface area contributed by atoms with E-state index in [0.717, 1.165) is 17.9 Å². The number of rotatable bonds is 2. The van der Waals surface area contributed by atoms with E-state index in [1.165, 1.54) is 5.56 Å². The number of hydrogen-bond donors (Lipinski definition) is 0. The van der Waals surface area contributed by atoms with Crippen LogP contribution in [0.4, 0.5) is 0 Å². The molecule has 3 heteroatoms. The van der Waals surface area contributed by atoms with Gasteiger partial charge >= 0.3 is 0 Å². The molecule has 74 valence electrons. The fraction of sp³-hybridized carbons (Fsp3) is 0.364. The molecule has 0 aromatic heterocycles. The average molecular weight is 207 g/mol. The van der Waals surface area contributed by atoms with E-state index < -0.39 is 0 Å². The summed E-state index contributed by atoms with van der Waals surface area (Å²) >= 11 is 1.56. The monoisotopic (exact) mass is 207 g/mol. The third-order valence-corrected chi connectivity index (χ3v) is 3.31. The second-order valence-electron chi connectivity index (χ2n) is 3.51. The molecule has 1 amide bonds. The Hall–Kier alpha value is -0.960. The van der Waals surface area contributed by atoms with Gasteiger partial charge in [0.05, 0.1) is 0 Å². The van der Waals surface area contributed by atoms with Crippen LogP contribution in [0.25, 0.3) is 0 Å². The lowest BCUT2D eigenvalue weighted by molar-refractivity contribution is -0.123. The van der Waals surface area contributed by atoms with Crippen LogP contribution in [0.1, 0.15) is 18.4 Å². The van der Waals surface area contributed by atoms with Crippen LogP contribution in [0.5, 0.6) is 0 Å². The van der Waals surface area contributed by atoms with Gasteiger partial charge in [-0.25, -0.2) is 0 Å². The van der Waals surface area contributed by atoms with Crippen LogP contribution in [0.15, 0.2) is 29.2 Å². The van der Waals surface area contributed by atoms with Gasteiger partial charge in [-0.05, 0) is 43.0 Å². The van der Waals surface area contributed by atoms with Crippen molar-refractivity contribution in [1.82, 2.24) is 4.31 Å². The molecule has 0 unspecified atom stereocenters. The van der Waals surface area contributed by atoms with Gasteiger partial charge in [0.2, 0.25) is 5.91 Å². The Bertz CT molecular complexity index is 351. The number of benzene rings is 1. The van der Waals surface area contributed by atoms with E-state index in [1.807, 2.05) is 16.4 Å². The lowest BCUT2D eigenvalue weighted by Crippen LogP contribution is -2.15. The predicted molar refractivity (Wildman–Crippen MR) is 58.0 cm³/mol. The molecule has 2 nitrogen and oxygen atoms in total. The standard InChI is InChI=1S/C11H13NOS/c1-9-4-2-5-10(8-9)14-12-7-3-6-11(12)13/h2,4-5,8H,3,6-7H2,1H3. The van der Waals surface area contributed by atoms with Gasteiger partial charge in [-0.15, -0.1) is 0 Å². The third kappa shape index (κ3) is 2.10. The number of hydrogen-bond acceptors (Lipinski definition) is 2. The van der Waals surface area contributed by atoms with Crippen molar-refractivity contribution in [1.29, 1.82) is 0 Å². The molecule has 1 aromatic carbocycles. The number of amides is 1. The Kier molecular flexibility index (Phi) is 2.77. The van der Waals surface area contributed by atoms with Gasteiger partial charge in [-0.2, -0.15) is 0 Å². The molecule has 0 atom stereocenters. The van der Waals surface area contributed by atoms with Gasteiger partial charge in [0.25, 0.3) is 0 Å². The normalized spacial score (nSPS) is 16.4. The maximum absolute atomic E-state index is 11.4. The van der Waals surface area contributed by atoms with Crippen molar-refractivity contribution in [3.8, 4) is 0 Å². The SMILES string of the molecule is Cc1cccc(SN2CCCC2=O)c1. The highest BCUT2D eigenvalue weighted by atomic mass is 32.2. The molecular formula is C11H13NOS. The highest BCUT2D eigenvalue weighted by Gasteiger charge is 2.20. The van der Waals surface area contributed by atoms with E-state index in [0.29, 0.717) is 6.42 Å². The Morgan fingerprint density at radius 1 is 1.43 bits per heavy atom. The van der Waals surface area contributed by atoms with Crippen molar-refractivity contribution in [2.24, 2.45) is 0 Å². The molecule has 0 saturated carbocycles. The van der Waals surface area contributed by atoms with Crippen molar-refractivity contribution in [3.63, 3.8) is 0 Å². The zero-order valence-corrected chi connectivity index (χ0v) is 9.01. The van der Waals surface area contributed by atoms with Crippen LogP contribution >= 0.6 is 11.9 Å². The summed E-state index contributed by atoms with van der Waals surface area (Å²) in [6, 6.07) is 8.24. The highest BCUT2D eigenvalue weighted by molar-refractivity contribution is 7.97. The Balaban J connectivity index is 2.07. The maximum Gasteiger partial charge on any atom is 0.232 e. The van der Waals surface area contributed by atoms with Crippen LogP contribution < -0.4 is 0 Å². The molecule has 14 heavy (non-hydrogen) atoms. The second-order valence-corrected chi connectivity index (χ2v) is 4.60. The number of carbonyl (C=O) groups is 1. The van der Waals surface area contributed by atoms with Gasteiger partial charge in [-0.1, -0.05) is 12.1 Å². The van der Waals surface area contributed by atoms with Crippen LogP contribution in [0.3, 0.4) is 0 Å². The highest BCUT2D eigenvalue weighted by Crippen LogP contribution is 2.27. The molecule has 1 saturated heterocycles. The van der Waals surface area contributed by atoms with E-state index in [9.17, 15) is 4.79 Å². The van der Waals surface area contributed by atoms with Crippen LogP contribution in [0, 0.1) is 6.92 Å². The molecule has 0 N–H and O–H groups in total. The van der Waals surface area contributed by atoms with Crippen LogP contribution in [0.2, 0.25) is 0 Å². The van der Waals surface area contributed by atoms with E-state index >= 15 is 0 Å². The molecule has 0 spiro atoms. The zero-order chi connectivity index (χ0) is 9.97. The molecule has 1 aliphatic rings. The molecule has 0 aliphatic carbocycles. The molecule has 0 bridgehead atoms. The van der Waals surface area contributed by atoms with Crippen molar-refractivity contribution in [2.75, 3.05) is 6.54 Å². The van der Waals surface area contributed by atoms with Gasteiger partial charge in [0.1, 0.15) is 0 Å². The summed E-state index contributed by atoms with van der Waals surface area (Å²) in [5.41, 5.74) is 1.24. The number of nitrogens with zero attached hydrogens (tertiary/aromatic N) is 1. The number of aryl methyl sites for hydroxylation is 1. The Morgan fingerprint density at radius 2 is 2.29 bits per heavy atom. The third-order valence-electron chi connectivity index (χ3n) is 2.24. The number of carbonyl (C=O) groups excluding carboxylic acids is 1. The fourth-order valence-corrected chi connectivity index (χ4v) is 2.57. The van der Waals surface area contributed by atoms with Crippen molar-refractivity contribution < 1.29 is 4.79 Å². The summed E-state index contributed by atoms with van der Waals surface area (Å²) in [6.45, 7) is 2.95. The van der Waals surface area contributed by atoms with Gasteiger partial charge in [0, 0.05) is 17.9 Å². The largest absolute Gasteiger partial charge is 0.282 e. The van der Waals surface area contributed by atoms with E-state index in [4.69, 9.17) is 0 Å². The average Bonchev–Trinajstić information content (AvgIpc) is 2.52. The molecule has 2 rings (SSSR count). The minimum atomic E-state index is 0.261. The van der Waals surface area contributed by atoms with E-state index in [1.54, 1.807) is 11.9 Å². The lowest BCUT2D eigenvalue weighted by atomic mass is 10.2. The molecule has 1 aliphatic heterocycles. The smallest absolute Gasteiger partial charge is 0.232 e. The van der Waals surface area contributed by atoms with E-state index in [-0.39, 0.29) is 5.91 Å². The molecule has 1 heterocycles. The predicted octanol–water partition coefficient (Wildman–Crippen LogP) is 2.62. The first-order valence-corrected chi connectivity index (χ1v) is 5.58. The summed E-state index contributed by atoms with van der Waals surface area (Å²) in [5, 5.41) is 0. The first kappa shape index (κ1) is 9.59. The van der Waals surface area contributed by atoms with Crippen LogP contribution in [-0.2, 0) is 4.79 Å². The van der Waals surface area contributed by atoms with Crippen molar-refractivity contribution >= 4 is 17.9 Å². The molecule has 0 radical (unpaired) electrons. The minimum absolute atomic E-state index is 0.261. The van der Waals surface area contributed by atoms with Gasteiger partial charge in [-0.3, -0.25) is 9.10 Å². The minimum Gasteiger partial charge on any atom is -0.282 e. The van der Waals surface area contributed by atoms with E-state index in [2.05, 4.69) is 19.1 Å². The zero-order valence-electron chi connectivity index (χ0n) is 8.19. The summed E-state index contributed by atoms with van der Waals surface area (Å²) in [4.78, 5) is 12.5. The van der Waals surface area contributed by atoms with Crippen LogP contribution in [-0.4, -0.2) is 16.8 Å².